The van der Waals surface area contributed by atoms with E-state index in [1.807, 2.05) is 7.05 Å². The maximum atomic E-state index is 5.13. The van der Waals surface area contributed by atoms with Gasteiger partial charge in [0.2, 0.25) is 0 Å². The van der Waals surface area contributed by atoms with Crippen LogP contribution in [0.15, 0.2) is 0 Å². The van der Waals surface area contributed by atoms with E-state index in [9.17, 15) is 0 Å². The Morgan fingerprint density at radius 1 is 1.73 bits per heavy atom. The molecule has 0 aromatic rings. The van der Waals surface area contributed by atoms with E-state index in [1.165, 1.54) is 18.6 Å². The van der Waals surface area contributed by atoms with Crippen molar-refractivity contribution in [2.45, 2.75) is 24.1 Å². The first kappa shape index (κ1) is 9.36. The molecule has 66 valence electrons. The summed E-state index contributed by atoms with van der Waals surface area (Å²) in [6, 6.07) is 0.549. The van der Waals surface area contributed by atoms with Crippen molar-refractivity contribution in [3.63, 3.8) is 0 Å². The predicted molar refractivity (Wildman–Crippen MR) is 50.2 cm³/mol. The first-order chi connectivity index (χ1) is 5.38. The van der Waals surface area contributed by atoms with E-state index in [0.29, 0.717) is 6.04 Å². The number of hydrogen-bond acceptors (Lipinski definition) is 3. The molecule has 0 aromatic heterocycles. The van der Waals surface area contributed by atoms with Crippen molar-refractivity contribution in [3.05, 3.63) is 0 Å². The van der Waals surface area contributed by atoms with Crippen molar-refractivity contribution < 1.29 is 4.74 Å². The molecular weight excluding hydrogens is 158 g/mol. The van der Waals surface area contributed by atoms with Crippen molar-refractivity contribution in [2.75, 3.05) is 26.5 Å². The van der Waals surface area contributed by atoms with E-state index < -0.39 is 0 Å². The third-order valence-electron chi connectivity index (χ3n) is 2.13. The molecule has 0 radical (unpaired) electrons. The Kier molecular flexibility index (Phi) is 4.26. The van der Waals surface area contributed by atoms with Crippen LogP contribution in [0, 0.1) is 0 Å². The minimum absolute atomic E-state index is 0.549. The molecule has 0 spiro atoms. The van der Waals surface area contributed by atoms with Gasteiger partial charge < -0.3 is 10.1 Å². The lowest BCUT2D eigenvalue weighted by Gasteiger charge is -2.20. The molecule has 1 fully saturated rings. The van der Waals surface area contributed by atoms with Crippen LogP contribution in [0.25, 0.3) is 0 Å². The second-order valence-electron chi connectivity index (χ2n) is 2.90. The maximum Gasteiger partial charge on any atom is 0.0626 e. The molecule has 1 N–H and O–H groups in total. The number of nitrogens with one attached hydrogen (secondary N) is 1. The lowest BCUT2D eigenvalue weighted by Crippen LogP contribution is -2.38. The number of likely N-dealkylation sites (N-methyl/N-ethyl adjacent to an activating group) is 1. The van der Waals surface area contributed by atoms with E-state index in [1.54, 1.807) is 7.11 Å². The van der Waals surface area contributed by atoms with Gasteiger partial charge >= 0.3 is 0 Å². The molecule has 1 rings (SSSR count). The van der Waals surface area contributed by atoms with Crippen molar-refractivity contribution in [3.8, 4) is 0 Å². The quantitative estimate of drug-likeness (QED) is 0.692. The highest BCUT2D eigenvalue weighted by molar-refractivity contribution is 8.00. The van der Waals surface area contributed by atoms with Crippen LogP contribution in [0.3, 0.4) is 0 Å². The van der Waals surface area contributed by atoms with Crippen LogP contribution >= 0.6 is 11.8 Å². The standard InChI is InChI=1S/C8H17NOS/c1-9-7(6-10-2)8-4-3-5-11-8/h7-9H,3-6H2,1-2H3. The molecule has 0 aromatic carbocycles. The van der Waals surface area contributed by atoms with Gasteiger partial charge in [-0.1, -0.05) is 0 Å². The fraction of sp³-hybridized carbons (Fsp3) is 1.00. The zero-order valence-corrected chi connectivity index (χ0v) is 8.12. The summed E-state index contributed by atoms with van der Waals surface area (Å²) in [4.78, 5) is 0. The summed E-state index contributed by atoms with van der Waals surface area (Å²) in [6.45, 7) is 0.841. The second-order valence-corrected chi connectivity index (χ2v) is 4.25. The molecule has 1 heterocycles. The highest BCUT2D eigenvalue weighted by atomic mass is 32.2. The van der Waals surface area contributed by atoms with Crippen molar-refractivity contribution in [2.24, 2.45) is 0 Å². The summed E-state index contributed by atoms with van der Waals surface area (Å²) in [7, 11) is 3.78. The molecule has 0 aliphatic carbocycles. The van der Waals surface area contributed by atoms with E-state index in [-0.39, 0.29) is 0 Å². The highest BCUT2D eigenvalue weighted by Gasteiger charge is 2.23. The third-order valence-corrected chi connectivity index (χ3v) is 3.65. The highest BCUT2D eigenvalue weighted by Crippen LogP contribution is 2.28. The fourth-order valence-corrected chi connectivity index (χ4v) is 2.89. The molecule has 2 unspecified atom stereocenters. The monoisotopic (exact) mass is 175 g/mol. The van der Waals surface area contributed by atoms with Crippen molar-refractivity contribution >= 4 is 11.8 Å². The smallest absolute Gasteiger partial charge is 0.0626 e. The molecule has 0 bridgehead atoms. The molecule has 2 atom stereocenters. The summed E-state index contributed by atoms with van der Waals surface area (Å²) in [5.41, 5.74) is 0. The minimum atomic E-state index is 0.549. The van der Waals surface area contributed by atoms with Crippen LogP contribution in [0.5, 0.6) is 0 Å². The number of thioether (sulfide) groups is 1. The Balaban J connectivity index is 2.27. The van der Waals surface area contributed by atoms with Gasteiger partial charge in [0.05, 0.1) is 6.61 Å². The number of rotatable bonds is 4. The molecule has 0 saturated carbocycles. The van der Waals surface area contributed by atoms with E-state index in [2.05, 4.69) is 17.1 Å². The predicted octanol–water partition coefficient (Wildman–Crippen LogP) is 1.12. The molecule has 1 saturated heterocycles. The van der Waals surface area contributed by atoms with Crippen molar-refractivity contribution in [1.82, 2.24) is 5.32 Å². The van der Waals surface area contributed by atoms with Crippen LogP contribution in [0.4, 0.5) is 0 Å². The third kappa shape index (κ3) is 2.65. The van der Waals surface area contributed by atoms with Gasteiger partial charge in [-0.2, -0.15) is 11.8 Å². The van der Waals surface area contributed by atoms with Crippen LogP contribution in [-0.2, 0) is 4.74 Å². The van der Waals surface area contributed by atoms with Gasteiger partial charge in [-0.05, 0) is 25.6 Å². The summed E-state index contributed by atoms with van der Waals surface area (Å²) in [6.07, 6.45) is 2.72. The van der Waals surface area contributed by atoms with Gasteiger partial charge in [0.1, 0.15) is 0 Å². The van der Waals surface area contributed by atoms with Gasteiger partial charge in [-0.3, -0.25) is 0 Å². The summed E-state index contributed by atoms with van der Waals surface area (Å²) < 4.78 is 5.13. The Morgan fingerprint density at radius 3 is 3.00 bits per heavy atom. The molecule has 3 heteroatoms. The zero-order chi connectivity index (χ0) is 8.10. The zero-order valence-electron chi connectivity index (χ0n) is 7.30. The van der Waals surface area contributed by atoms with Crippen LogP contribution in [0.2, 0.25) is 0 Å². The first-order valence-electron chi connectivity index (χ1n) is 4.16. The van der Waals surface area contributed by atoms with E-state index in [0.717, 1.165) is 11.9 Å². The molecule has 1 aliphatic rings. The molecular formula is C8H17NOS. The largest absolute Gasteiger partial charge is 0.383 e. The molecule has 0 amide bonds. The maximum absolute atomic E-state index is 5.13. The van der Waals surface area contributed by atoms with Gasteiger partial charge in [0.15, 0.2) is 0 Å². The summed E-state index contributed by atoms with van der Waals surface area (Å²) in [5, 5.41) is 4.08. The Labute approximate surface area is 73.1 Å². The summed E-state index contributed by atoms with van der Waals surface area (Å²) >= 11 is 2.07. The lowest BCUT2D eigenvalue weighted by atomic mass is 10.1. The molecule has 2 nitrogen and oxygen atoms in total. The number of ether oxygens (including phenoxy) is 1. The average molecular weight is 175 g/mol. The Hall–Kier alpha value is 0.270. The molecule has 1 aliphatic heterocycles. The van der Waals surface area contributed by atoms with Crippen LogP contribution in [0.1, 0.15) is 12.8 Å². The number of methoxy groups -OCH3 is 1. The molecule has 11 heavy (non-hydrogen) atoms. The van der Waals surface area contributed by atoms with Gasteiger partial charge in [0.25, 0.3) is 0 Å². The van der Waals surface area contributed by atoms with Crippen molar-refractivity contribution in [1.29, 1.82) is 0 Å². The second kappa shape index (κ2) is 5.01. The summed E-state index contributed by atoms with van der Waals surface area (Å²) in [5.74, 6) is 1.33. The minimum Gasteiger partial charge on any atom is -0.383 e. The lowest BCUT2D eigenvalue weighted by molar-refractivity contribution is 0.168. The Bertz CT molecular complexity index is 104. The van der Waals surface area contributed by atoms with Gasteiger partial charge in [-0.25, -0.2) is 0 Å². The average Bonchev–Trinajstić information content (AvgIpc) is 2.52. The van der Waals surface area contributed by atoms with Gasteiger partial charge in [0, 0.05) is 18.4 Å². The van der Waals surface area contributed by atoms with E-state index in [4.69, 9.17) is 4.74 Å². The normalized spacial score (nSPS) is 27.3. The number of hydrogen-bond donors (Lipinski definition) is 1. The van der Waals surface area contributed by atoms with Crippen LogP contribution in [-0.4, -0.2) is 37.8 Å². The topological polar surface area (TPSA) is 21.3 Å². The first-order valence-corrected chi connectivity index (χ1v) is 5.21. The van der Waals surface area contributed by atoms with Crippen LogP contribution < -0.4 is 5.32 Å². The Morgan fingerprint density at radius 2 is 2.55 bits per heavy atom. The van der Waals surface area contributed by atoms with E-state index >= 15 is 0 Å². The SMILES string of the molecule is CNC(COC)C1CCCS1. The fourth-order valence-electron chi connectivity index (χ4n) is 1.48. The van der Waals surface area contributed by atoms with Gasteiger partial charge in [-0.15, -0.1) is 0 Å².